The van der Waals surface area contributed by atoms with E-state index >= 15 is 0 Å². The van der Waals surface area contributed by atoms with Crippen molar-refractivity contribution in [1.82, 2.24) is 15.2 Å². The van der Waals surface area contributed by atoms with Gasteiger partial charge in [0.05, 0.1) is 25.2 Å². The molecule has 9 nitrogen and oxygen atoms in total. The van der Waals surface area contributed by atoms with Gasteiger partial charge in [-0.2, -0.15) is 5.10 Å². The fraction of sp³-hybridized carbons (Fsp3) is 0.333. The predicted octanol–water partition coefficient (Wildman–Crippen LogP) is 0.985. The van der Waals surface area contributed by atoms with E-state index in [-0.39, 0.29) is 10.9 Å². The number of hydrogen-bond acceptors (Lipinski definition) is 7. The van der Waals surface area contributed by atoms with E-state index in [0.717, 1.165) is 11.8 Å². The highest BCUT2D eigenvalue weighted by molar-refractivity contribution is 8.00. The highest BCUT2D eigenvalue weighted by Gasteiger charge is 2.22. The summed E-state index contributed by atoms with van der Waals surface area (Å²) in [6.45, 7) is 1.81. The van der Waals surface area contributed by atoms with Crippen molar-refractivity contribution in [2.24, 2.45) is 0 Å². The van der Waals surface area contributed by atoms with Gasteiger partial charge in [0.1, 0.15) is 11.5 Å². The summed E-state index contributed by atoms with van der Waals surface area (Å²) in [4.78, 5) is 37.4. The van der Waals surface area contributed by atoms with Gasteiger partial charge in [-0.15, -0.1) is 0 Å². The minimum Gasteiger partial charge on any atom is -0.497 e. The lowest BCUT2D eigenvalue weighted by Gasteiger charge is -2.16. The van der Waals surface area contributed by atoms with Gasteiger partial charge >= 0.3 is 5.69 Å². The number of rotatable bonds is 7. The number of ether oxygens (including phenoxy) is 2. The Kier molecular flexibility index (Phi) is 6.23. The monoisotopic (exact) mass is 366 g/mol. The Labute approximate surface area is 147 Å². The van der Waals surface area contributed by atoms with Crippen LogP contribution in [0.3, 0.4) is 0 Å². The second kappa shape index (κ2) is 8.38. The van der Waals surface area contributed by atoms with E-state index < -0.39 is 16.5 Å². The fourth-order valence-corrected chi connectivity index (χ4v) is 2.86. The molecule has 2 aromatic rings. The molecular weight excluding hydrogens is 348 g/mol. The van der Waals surface area contributed by atoms with E-state index in [0.29, 0.717) is 23.6 Å². The SMILES string of the molecule is CCC(Sc1n[nH]c(=O)[nH]c1=O)C(=O)Nc1cc(OC)ccc1OC. The zero-order chi connectivity index (χ0) is 18.4. The Hall–Kier alpha value is -2.75. The average Bonchev–Trinajstić information content (AvgIpc) is 2.60. The van der Waals surface area contributed by atoms with Crippen LogP contribution in [0.2, 0.25) is 0 Å². The number of nitrogens with zero attached hydrogens (tertiary/aromatic N) is 1. The van der Waals surface area contributed by atoms with Crippen LogP contribution in [0.25, 0.3) is 0 Å². The number of nitrogens with one attached hydrogen (secondary N) is 3. The van der Waals surface area contributed by atoms with Crippen LogP contribution in [0.15, 0.2) is 32.8 Å². The quantitative estimate of drug-likeness (QED) is 0.624. The number of H-pyrrole nitrogens is 2. The lowest BCUT2D eigenvalue weighted by molar-refractivity contribution is -0.115. The van der Waals surface area contributed by atoms with Crippen molar-refractivity contribution in [3.8, 4) is 11.5 Å². The van der Waals surface area contributed by atoms with E-state index in [2.05, 4.69) is 20.5 Å². The van der Waals surface area contributed by atoms with Crippen LogP contribution in [0.1, 0.15) is 13.3 Å². The van der Waals surface area contributed by atoms with Gasteiger partial charge in [-0.1, -0.05) is 18.7 Å². The molecule has 1 aromatic carbocycles. The van der Waals surface area contributed by atoms with Gasteiger partial charge in [-0.25, -0.2) is 9.89 Å². The topological polar surface area (TPSA) is 126 Å². The van der Waals surface area contributed by atoms with Crippen LogP contribution in [-0.4, -0.2) is 40.6 Å². The number of carbonyl (C=O) groups excluding carboxylic acids is 1. The first-order valence-electron chi connectivity index (χ1n) is 7.37. The molecule has 2 rings (SSSR count). The van der Waals surface area contributed by atoms with Gasteiger partial charge in [0.2, 0.25) is 5.91 Å². The smallest absolute Gasteiger partial charge is 0.342 e. The fourth-order valence-electron chi connectivity index (χ4n) is 2.00. The van der Waals surface area contributed by atoms with Gasteiger partial charge < -0.3 is 14.8 Å². The highest BCUT2D eigenvalue weighted by atomic mass is 32.2. The molecule has 0 saturated heterocycles. The summed E-state index contributed by atoms with van der Waals surface area (Å²) in [5.41, 5.74) is -0.888. The Balaban J connectivity index is 2.20. The van der Waals surface area contributed by atoms with Gasteiger partial charge in [-0.3, -0.25) is 14.6 Å². The summed E-state index contributed by atoms with van der Waals surface area (Å²) >= 11 is 0.966. The Morgan fingerprint density at radius 1 is 1.32 bits per heavy atom. The van der Waals surface area contributed by atoms with Crippen molar-refractivity contribution in [2.75, 3.05) is 19.5 Å². The van der Waals surface area contributed by atoms with Gasteiger partial charge in [0.25, 0.3) is 5.56 Å². The molecule has 0 aliphatic heterocycles. The molecule has 1 aromatic heterocycles. The van der Waals surface area contributed by atoms with Crippen molar-refractivity contribution < 1.29 is 14.3 Å². The van der Waals surface area contributed by atoms with E-state index in [9.17, 15) is 14.4 Å². The Bertz CT molecular complexity index is 863. The van der Waals surface area contributed by atoms with Crippen LogP contribution >= 0.6 is 11.8 Å². The molecular formula is C15H18N4O5S. The van der Waals surface area contributed by atoms with Crippen LogP contribution in [0.5, 0.6) is 11.5 Å². The number of aromatic nitrogens is 3. The van der Waals surface area contributed by atoms with Crippen LogP contribution in [0, 0.1) is 0 Å². The zero-order valence-corrected chi connectivity index (χ0v) is 14.7. The maximum atomic E-state index is 12.6. The molecule has 1 atom stereocenters. The number of thioether (sulfide) groups is 1. The van der Waals surface area contributed by atoms with Crippen molar-refractivity contribution >= 4 is 23.4 Å². The number of benzene rings is 1. The molecule has 134 valence electrons. The summed E-state index contributed by atoms with van der Waals surface area (Å²) in [5.74, 6) is 0.719. The summed E-state index contributed by atoms with van der Waals surface area (Å²) < 4.78 is 10.4. The van der Waals surface area contributed by atoms with Gasteiger partial charge in [0.15, 0.2) is 5.03 Å². The minimum atomic E-state index is -0.701. The van der Waals surface area contributed by atoms with Gasteiger partial charge in [-0.05, 0) is 18.6 Å². The molecule has 0 bridgehead atoms. The third kappa shape index (κ3) is 4.63. The Morgan fingerprint density at radius 3 is 2.68 bits per heavy atom. The second-order valence-corrected chi connectivity index (χ2v) is 6.07. The van der Waals surface area contributed by atoms with Gasteiger partial charge in [0, 0.05) is 6.07 Å². The normalized spacial score (nSPS) is 11.6. The van der Waals surface area contributed by atoms with Crippen molar-refractivity contribution in [3.05, 3.63) is 39.0 Å². The number of methoxy groups -OCH3 is 2. The summed E-state index contributed by atoms with van der Waals surface area (Å²) in [5, 5.41) is 8.00. The molecule has 1 amide bonds. The summed E-state index contributed by atoms with van der Waals surface area (Å²) in [6, 6.07) is 5.03. The third-order valence-corrected chi connectivity index (χ3v) is 4.59. The molecule has 10 heteroatoms. The Morgan fingerprint density at radius 2 is 2.08 bits per heavy atom. The first-order chi connectivity index (χ1) is 12.0. The van der Waals surface area contributed by atoms with Crippen molar-refractivity contribution in [3.63, 3.8) is 0 Å². The molecule has 1 heterocycles. The number of hydrogen-bond donors (Lipinski definition) is 3. The summed E-state index contributed by atoms with van der Waals surface area (Å²) in [6.07, 6.45) is 0.447. The maximum absolute atomic E-state index is 12.6. The molecule has 0 aliphatic carbocycles. The molecule has 25 heavy (non-hydrogen) atoms. The minimum absolute atomic E-state index is 0.0132. The van der Waals surface area contributed by atoms with Crippen LogP contribution < -0.4 is 26.0 Å². The van der Waals surface area contributed by atoms with Crippen LogP contribution in [0.4, 0.5) is 5.69 Å². The molecule has 0 aliphatic rings. The largest absolute Gasteiger partial charge is 0.497 e. The molecule has 1 unspecified atom stereocenters. The standard InChI is InChI=1S/C15H18N4O5S/c1-4-11(25-14-13(21)17-15(22)19-18-14)12(20)16-9-7-8(23-2)5-6-10(9)24-3/h5-7,11H,4H2,1-3H3,(H,16,20)(H2,17,19,21,22). The second-order valence-electron chi connectivity index (χ2n) is 4.88. The number of anilines is 1. The predicted molar refractivity (Wildman–Crippen MR) is 93.6 cm³/mol. The molecule has 0 spiro atoms. The first-order valence-corrected chi connectivity index (χ1v) is 8.25. The molecule has 0 fully saturated rings. The maximum Gasteiger partial charge on any atom is 0.342 e. The molecule has 0 saturated carbocycles. The first kappa shape index (κ1) is 18.6. The van der Waals surface area contributed by atoms with E-state index in [1.807, 2.05) is 0 Å². The van der Waals surface area contributed by atoms with Crippen molar-refractivity contribution in [1.29, 1.82) is 0 Å². The number of amides is 1. The molecule has 3 N–H and O–H groups in total. The van der Waals surface area contributed by atoms with Crippen LogP contribution in [-0.2, 0) is 4.79 Å². The summed E-state index contributed by atoms with van der Waals surface area (Å²) in [7, 11) is 3.01. The lowest BCUT2D eigenvalue weighted by Crippen LogP contribution is -2.29. The van der Waals surface area contributed by atoms with E-state index in [1.165, 1.54) is 14.2 Å². The van der Waals surface area contributed by atoms with E-state index in [1.54, 1.807) is 25.1 Å². The zero-order valence-electron chi connectivity index (χ0n) is 13.9. The van der Waals surface area contributed by atoms with Crippen molar-refractivity contribution in [2.45, 2.75) is 23.6 Å². The third-order valence-electron chi connectivity index (χ3n) is 3.26. The highest BCUT2D eigenvalue weighted by Crippen LogP contribution is 2.30. The molecule has 0 radical (unpaired) electrons. The number of aromatic amines is 2. The lowest BCUT2D eigenvalue weighted by atomic mass is 10.2. The van der Waals surface area contributed by atoms with E-state index in [4.69, 9.17) is 9.47 Å². The average molecular weight is 366 g/mol. The number of carbonyl (C=O) groups is 1.